The summed E-state index contributed by atoms with van der Waals surface area (Å²) in [4.78, 5) is 24.7. The fourth-order valence-corrected chi connectivity index (χ4v) is 4.63. The second-order valence-corrected chi connectivity index (χ2v) is 11.8. The molecule has 0 aliphatic rings. The van der Waals surface area contributed by atoms with Crippen LogP contribution in [0.3, 0.4) is 0 Å². The largest absolute Gasteiger partial charge is 0.480 e. The molecule has 0 spiro atoms. The van der Waals surface area contributed by atoms with Gasteiger partial charge in [-0.15, -0.1) is 0 Å². The summed E-state index contributed by atoms with van der Waals surface area (Å²) < 4.78 is 78.2. The van der Waals surface area contributed by atoms with Crippen LogP contribution in [0, 0.1) is 23.7 Å². The number of nitrogens with zero attached hydrogens (tertiary/aromatic N) is 2. The molecule has 280 valence electrons. The summed E-state index contributed by atoms with van der Waals surface area (Å²) in [6.45, 7) is 0.431. The third-order valence-electron chi connectivity index (χ3n) is 7.24. The van der Waals surface area contributed by atoms with Gasteiger partial charge in [0.2, 0.25) is 0 Å². The number of aliphatic carboxylic acids is 2. The van der Waals surface area contributed by atoms with Gasteiger partial charge >= 0.3 is 24.3 Å². The minimum absolute atomic E-state index is 0.00465. The number of rotatable bonds is 10. The minimum atomic E-state index is -4.96. The maximum atomic E-state index is 13.0. The topological polar surface area (TPSA) is 81.1 Å². The van der Waals surface area contributed by atoms with E-state index in [4.69, 9.17) is 10.2 Å². The van der Waals surface area contributed by atoms with Crippen molar-refractivity contribution in [3.05, 3.63) is 155 Å². The monoisotopic (exact) mass is 746 g/mol. The Hall–Kier alpha value is -6.08. The Kier molecular flexibility index (Phi) is 15.9. The van der Waals surface area contributed by atoms with E-state index in [9.17, 15) is 35.9 Å². The molecule has 0 radical (unpaired) electrons. The van der Waals surface area contributed by atoms with Gasteiger partial charge in [-0.05, 0) is 55.6 Å². The Morgan fingerprint density at radius 3 is 1.28 bits per heavy atom. The van der Waals surface area contributed by atoms with E-state index in [1.54, 1.807) is 55.4 Å². The predicted molar refractivity (Wildman–Crippen MR) is 196 cm³/mol. The molecule has 2 N–H and O–H groups in total. The number of carboxylic acids is 2. The number of alkyl halides is 6. The number of hydrogen-bond acceptors (Lipinski definition) is 4. The molecule has 0 saturated carbocycles. The van der Waals surface area contributed by atoms with E-state index in [-0.39, 0.29) is 25.7 Å². The van der Waals surface area contributed by atoms with Crippen LogP contribution < -0.4 is 0 Å². The third-order valence-corrected chi connectivity index (χ3v) is 7.24. The van der Waals surface area contributed by atoms with E-state index in [1.165, 1.54) is 4.90 Å². The second-order valence-electron chi connectivity index (χ2n) is 11.8. The second kappa shape index (κ2) is 20.2. The van der Waals surface area contributed by atoms with Gasteiger partial charge in [-0.1, -0.05) is 115 Å². The van der Waals surface area contributed by atoms with Crippen LogP contribution in [0.1, 0.15) is 33.4 Å². The fourth-order valence-electron chi connectivity index (χ4n) is 4.63. The summed E-state index contributed by atoms with van der Waals surface area (Å²) in [6, 6.07) is 29.3. The van der Waals surface area contributed by atoms with Crippen LogP contribution in [-0.4, -0.2) is 72.2 Å². The normalized spacial score (nSPS) is 11.8. The van der Waals surface area contributed by atoms with E-state index < -0.39 is 41.0 Å². The highest BCUT2D eigenvalue weighted by atomic mass is 19.4. The van der Waals surface area contributed by atoms with Crippen molar-refractivity contribution in [2.45, 2.75) is 12.4 Å². The molecule has 54 heavy (non-hydrogen) atoms. The molecule has 6 nitrogen and oxygen atoms in total. The molecular weight excluding hydrogens is 710 g/mol. The van der Waals surface area contributed by atoms with Crippen LogP contribution in [0.5, 0.6) is 0 Å². The van der Waals surface area contributed by atoms with Crippen molar-refractivity contribution in [2.75, 3.05) is 40.3 Å². The van der Waals surface area contributed by atoms with Crippen molar-refractivity contribution >= 4 is 23.1 Å². The van der Waals surface area contributed by atoms with Crippen molar-refractivity contribution < 1.29 is 46.1 Å². The maximum absolute atomic E-state index is 13.0. The van der Waals surface area contributed by atoms with Gasteiger partial charge in [0.1, 0.15) is 0 Å². The fraction of sp³-hybridized carbons (Fsp3) is 0.190. The summed E-state index contributed by atoms with van der Waals surface area (Å²) in [5.41, 5.74) is 0.462. The molecule has 0 atom stereocenters. The van der Waals surface area contributed by atoms with Gasteiger partial charge in [0.05, 0.1) is 24.2 Å². The number of benzene rings is 4. The third kappa shape index (κ3) is 15.3. The zero-order valence-electron chi connectivity index (χ0n) is 29.2. The first-order valence-electron chi connectivity index (χ1n) is 16.2. The number of likely N-dealkylation sites (N-methyl/N-ethyl adjacent to an activating group) is 2. The number of halogens is 6. The summed E-state index contributed by atoms with van der Waals surface area (Å²) >= 11 is 0. The first-order chi connectivity index (χ1) is 25.5. The Bertz CT molecular complexity index is 2010. The number of allylic oxidation sites excluding steroid dienone is 2. The molecule has 4 aromatic carbocycles. The van der Waals surface area contributed by atoms with Crippen LogP contribution >= 0.6 is 0 Å². The molecule has 0 aromatic heterocycles. The lowest BCUT2D eigenvalue weighted by atomic mass is 10.0. The molecule has 4 aromatic rings. The predicted octanol–water partition coefficient (Wildman–Crippen LogP) is 8.31. The van der Waals surface area contributed by atoms with Gasteiger partial charge in [0.25, 0.3) is 0 Å². The molecule has 0 aliphatic carbocycles. The van der Waals surface area contributed by atoms with Crippen molar-refractivity contribution in [2.24, 2.45) is 0 Å². The highest BCUT2D eigenvalue weighted by molar-refractivity contribution is 5.80. The van der Waals surface area contributed by atoms with Crippen LogP contribution in [0.25, 0.3) is 11.1 Å². The minimum Gasteiger partial charge on any atom is -0.480 e. The van der Waals surface area contributed by atoms with Crippen LogP contribution in [0.4, 0.5) is 26.3 Å². The Morgan fingerprint density at radius 2 is 0.926 bits per heavy atom. The van der Waals surface area contributed by atoms with Crippen molar-refractivity contribution in [1.82, 2.24) is 9.80 Å². The van der Waals surface area contributed by atoms with Gasteiger partial charge in [-0.2, -0.15) is 26.3 Å². The zero-order chi connectivity index (χ0) is 39.7. The van der Waals surface area contributed by atoms with E-state index in [0.29, 0.717) is 29.8 Å². The summed E-state index contributed by atoms with van der Waals surface area (Å²) in [6.07, 6.45) is -6.40. The van der Waals surface area contributed by atoms with E-state index >= 15 is 0 Å². The average Bonchev–Trinajstić information content (AvgIpc) is 3.11. The van der Waals surface area contributed by atoms with Crippen LogP contribution in [0.2, 0.25) is 0 Å². The summed E-state index contributed by atoms with van der Waals surface area (Å²) in [5.74, 6) is 9.47. The molecule has 12 heteroatoms. The SMILES string of the molecule is CN(CC=C(C#Cc1cc(C(F)(F)F)cc(C(F)(F)F)c1)c1ccccc1)CC(=O)O.CN(CC=C(C#Cc1ccccc1)c1ccccc1)CC(=O)O. The smallest absolute Gasteiger partial charge is 0.416 e. The van der Waals surface area contributed by atoms with Gasteiger partial charge < -0.3 is 10.2 Å². The molecule has 0 aliphatic heterocycles. The first-order valence-corrected chi connectivity index (χ1v) is 16.2. The number of carboxylic acid groups (broad SMARTS) is 2. The van der Waals surface area contributed by atoms with Crippen molar-refractivity contribution in [3.63, 3.8) is 0 Å². The standard InChI is InChI=1S/C22H17F6NO2.C20H19NO2/c1-29(14-20(30)31)10-9-17(16-5-3-2-4-6-16)8-7-15-11-18(21(23,24)25)13-19(12-15)22(26,27)28;1-21(16-20(22)23)15-14-19(18-10-6-3-7-11-18)13-12-17-8-4-2-5-9-17/h2-6,9,11-13H,10,14H2,1H3,(H,30,31);2-11,14H,15-16H2,1H3,(H,22,23). The van der Waals surface area contributed by atoms with Gasteiger partial charge in [0.15, 0.2) is 0 Å². The Labute approximate surface area is 309 Å². The molecular formula is C42H36F6N2O4. The lowest BCUT2D eigenvalue weighted by molar-refractivity contribution is -0.143. The number of carbonyl (C=O) groups is 2. The molecule has 0 fully saturated rings. The highest BCUT2D eigenvalue weighted by Crippen LogP contribution is 2.36. The van der Waals surface area contributed by atoms with Gasteiger partial charge in [-0.3, -0.25) is 19.4 Å². The Balaban J connectivity index is 0.000000303. The van der Waals surface area contributed by atoms with Crippen LogP contribution in [-0.2, 0) is 21.9 Å². The Morgan fingerprint density at radius 1 is 0.574 bits per heavy atom. The average molecular weight is 747 g/mol. The molecule has 0 amide bonds. The zero-order valence-corrected chi connectivity index (χ0v) is 29.2. The van der Waals surface area contributed by atoms with Crippen molar-refractivity contribution in [3.8, 4) is 23.7 Å². The molecule has 4 rings (SSSR count). The van der Waals surface area contributed by atoms with E-state index in [1.807, 2.05) is 66.7 Å². The molecule has 0 unspecified atom stereocenters. The molecule has 0 heterocycles. The molecule has 0 bridgehead atoms. The lowest BCUT2D eigenvalue weighted by Crippen LogP contribution is -2.25. The van der Waals surface area contributed by atoms with Crippen molar-refractivity contribution in [1.29, 1.82) is 0 Å². The van der Waals surface area contributed by atoms with E-state index in [0.717, 1.165) is 16.7 Å². The summed E-state index contributed by atoms with van der Waals surface area (Å²) in [5, 5.41) is 17.7. The maximum Gasteiger partial charge on any atom is 0.416 e. The van der Waals surface area contributed by atoms with E-state index in [2.05, 4.69) is 23.7 Å². The van der Waals surface area contributed by atoms with Crippen LogP contribution in [0.15, 0.2) is 121 Å². The lowest BCUT2D eigenvalue weighted by Gasteiger charge is -2.12. The quantitative estimate of drug-likeness (QED) is 0.126. The van der Waals surface area contributed by atoms with Gasteiger partial charge in [0, 0.05) is 35.4 Å². The molecule has 0 saturated heterocycles. The summed E-state index contributed by atoms with van der Waals surface area (Å²) in [7, 11) is 3.32. The van der Waals surface area contributed by atoms with Gasteiger partial charge in [-0.25, -0.2) is 0 Å². The first kappa shape index (κ1) is 42.3. The number of hydrogen-bond donors (Lipinski definition) is 2. The highest BCUT2D eigenvalue weighted by Gasteiger charge is 2.36.